The molecular formula is C33H35F3N2O3. The third kappa shape index (κ3) is 5.38. The fourth-order valence-corrected chi connectivity index (χ4v) is 6.85. The summed E-state index contributed by atoms with van der Waals surface area (Å²) in [5, 5.41) is 4.13. The van der Waals surface area contributed by atoms with E-state index in [9.17, 15) is 13.2 Å². The molecule has 41 heavy (non-hydrogen) atoms. The van der Waals surface area contributed by atoms with Crippen molar-refractivity contribution in [3.8, 4) is 22.8 Å². The summed E-state index contributed by atoms with van der Waals surface area (Å²) >= 11 is 0. The van der Waals surface area contributed by atoms with Crippen LogP contribution in [0.5, 0.6) is 11.5 Å². The van der Waals surface area contributed by atoms with Gasteiger partial charge in [-0.25, -0.2) is 0 Å². The Kier molecular flexibility index (Phi) is 6.62. The summed E-state index contributed by atoms with van der Waals surface area (Å²) in [5.41, 5.74) is 1.65. The topological polar surface area (TPSA) is 57.4 Å². The zero-order valence-corrected chi connectivity index (χ0v) is 23.3. The standard InChI is InChI=1S/C33H35F3N2O3/c1-20-29(40-24-5-4-6-24)13-25(18-37-20)39-19-22-16-32(17-22)14-21(15-32)9-12-27-30(38-41-31(27)23-10-11-23)26-7-2-3-8-28(26)33(34,35)36/h2-3,7-9,12-13,18,21-24H,4-6,10-11,14-17,19H2,1H3/b12-9+. The van der Waals surface area contributed by atoms with Crippen molar-refractivity contribution in [2.75, 3.05) is 6.61 Å². The molecule has 0 aliphatic heterocycles. The number of halogens is 3. The Hall–Kier alpha value is -3.29. The smallest absolute Gasteiger partial charge is 0.417 e. The molecule has 4 fully saturated rings. The second-order valence-corrected chi connectivity index (χ2v) is 12.7. The van der Waals surface area contributed by atoms with Crippen molar-refractivity contribution in [1.29, 1.82) is 0 Å². The molecule has 2 aromatic heterocycles. The van der Waals surface area contributed by atoms with Crippen molar-refractivity contribution in [2.24, 2.45) is 17.3 Å². The van der Waals surface area contributed by atoms with Crippen molar-refractivity contribution in [1.82, 2.24) is 10.1 Å². The maximum absolute atomic E-state index is 13.7. The molecule has 5 nitrogen and oxygen atoms in total. The lowest BCUT2D eigenvalue weighted by molar-refractivity contribution is -0.137. The number of allylic oxidation sites excluding steroid dienone is 1. The van der Waals surface area contributed by atoms with Crippen LogP contribution in [0.2, 0.25) is 0 Å². The second kappa shape index (κ2) is 10.2. The van der Waals surface area contributed by atoms with Crippen LogP contribution in [0.4, 0.5) is 13.2 Å². The molecule has 216 valence electrons. The van der Waals surface area contributed by atoms with E-state index in [4.69, 9.17) is 14.0 Å². The predicted molar refractivity (Wildman–Crippen MR) is 149 cm³/mol. The van der Waals surface area contributed by atoms with Gasteiger partial charge in [-0.15, -0.1) is 0 Å². The van der Waals surface area contributed by atoms with Gasteiger partial charge in [0.1, 0.15) is 23.0 Å². The highest BCUT2D eigenvalue weighted by Gasteiger charge is 2.52. The SMILES string of the molecule is Cc1ncc(OCC2CC3(CC(/C=C/c4c(-c5ccccc5C(F)(F)F)noc4C4CC4)C3)C2)cc1OC1CCC1. The zero-order valence-electron chi connectivity index (χ0n) is 23.3. The van der Waals surface area contributed by atoms with E-state index in [-0.39, 0.29) is 17.2 Å². The number of benzene rings is 1. The number of nitrogens with zero attached hydrogens (tertiary/aromatic N) is 2. The monoisotopic (exact) mass is 564 g/mol. The molecule has 0 radical (unpaired) electrons. The highest BCUT2D eigenvalue weighted by Crippen LogP contribution is 2.61. The van der Waals surface area contributed by atoms with Gasteiger partial charge < -0.3 is 14.0 Å². The molecule has 8 heteroatoms. The minimum Gasteiger partial charge on any atom is -0.492 e. The van der Waals surface area contributed by atoms with Crippen molar-refractivity contribution < 1.29 is 27.2 Å². The first kappa shape index (κ1) is 26.6. The molecule has 0 bridgehead atoms. The van der Waals surface area contributed by atoms with Crippen LogP contribution in [0, 0.1) is 24.2 Å². The number of pyridine rings is 1. The number of ether oxygens (including phenoxy) is 2. The Morgan fingerprint density at radius 2 is 1.85 bits per heavy atom. The van der Waals surface area contributed by atoms with Crippen molar-refractivity contribution >= 4 is 6.08 Å². The number of hydrogen-bond donors (Lipinski definition) is 0. The molecule has 2 heterocycles. The molecule has 4 aliphatic rings. The van der Waals surface area contributed by atoms with Crippen molar-refractivity contribution in [3.05, 3.63) is 65.2 Å². The number of aryl methyl sites for hydroxylation is 1. The average molecular weight is 565 g/mol. The van der Waals surface area contributed by atoms with Crippen LogP contribution in [-0.2, 0) is 6.18 Å². The normalized spacial score (nSPS) is 26.0. The zero-order chi connectivity index (χ0) is 28.2. The van der Waals surface area contributed by atoms with E-state index in [0.717, 1.165) is 80.4 Å². The molecule has 1 spiro atoms. The van der Waals surface area contributed by atoms with Gasteiger partial charge in [0.25, 0.3) is 0 Å². The van der Waals surface area contributed by atoms with Crippen LogP contribution in [0.3, 0.4) is 0 Å². The van der Waals surface area contributed by atoms with Gasteiger partial charge in [0.2, 0.25) is 0 Å². The first-order valence-corrected chi connectivity index (χ1v) is 14.9. The average Bonchev–Trinajstić information content (AvgIpc) is 3.64. The molecule has 7 rings (SSSR count). The highest BCUT2D eigenvalue weighted by atomic mass is 19.4. The number of rotatable bonds is 9. The summed E-state index contributed by atoms with van der Waals surface area (Å²) in [6.45, 7) is 2.65. The van der Waals surface area contributed by atoms with E-state index in [0.29, 0.717) is 35.5 Å². The van der Waals surface area contributed by atoms with Crippen LogP contribution in [-0.4, -0.2) is 22.9 Å². The molecule has 0 amide bonds. The van der Waals surface area contributed by atoms with Gasteiger partial charge in [-0.3, -0.25) is 4.98 Å². The highest BCUT2D eigenvalue weighted by molar-refractivity contribution is 5.76. The third-order valence-corrected chi connectivity index (χ3v) is 9.41. The predicted octanol–water partition coefficient (Wildman–Crippen LogP) is 8.77. The maximum Gasteiger partial charge on any atom is 0.417 e. The van der Waals surface area contributed by atoms with Gasteiger partial charge in [-0.05, 0) is 88.0 Å². The van der Waals surface area contributed by atoms with Gasteiger partial charge in [0.05, 0.1) is 30.2 Å². The number of alkyl halides is 3. The molecular weight excluding hydrogens is 529 g/mol. The fraction of sp³-hybridized carbons (Fsp3) is 0.515. The first-order chi connectivity index (χ1) is 19.8. The minimum absolute atomic E-state index is 0.0766. The fourth-order valence-electron chi connectivity index (χ4n) is 6.85. The van der Waals surface area contributed by atoms with Gasteiger partial charge in [0, 0.05) is 23.1 Å². The number of hydrogen-bond acceptors (Lipinski definition) is 5. The summed E-state index contributed by atoms with van der Waals surface area (Å²) in [4.78, 5) is 4.46. The van der Waals surface area contributed by atoms with E-state index >= 15 is 0 Å². The van der Waals surface area contributed by atoms with Crippen molar-refractivity contribution in [3.63, 3.8) is 0 Å². The summed E-state index contributed by atoms with van der Waals surface area (Å²) in [5.74, 6) is 3.50. The second-order valence-electron chi connectivity index (χ2n) is 12.7. The van der Waals surface area contributed by atoms with Crippen LogP contribution >= 0.6 is 0 Å². The molecule has 1 aromatic carbocycles. The molecule has 0 saturated heterocycles. The van der Waals surface area contributed by atoms with E-state index in [1.54, 1.807) is 12.3 Å². The van der Waals surface area contributed by atoms with E-state index < -0.39 is 11.7 Å². The van der Waals surface area contributed by atoms with Crippen LogP contribution < -0.4 is 9.47 Å². The third-order valence-electron chi connectivity index (χ3n) is 9.41. The Balaban J connectivity index is 0.957. The molecule has 4 aliphatic carbocycles. The largest absolute Gasteiger partial charge is 0.492 e. The van der Waals surface area contributed by atoms with Gasteiger partial charge in [0.15, 0.2) is 0 Å². The van der Waals surface area contributed by atoms with Crippen LogP contribution in [0.15, 0.2) is 47.1 Å². The van der Waals surface area contributed by atoms with E-state index in [1.807, 2.05) is 19.1 Å². The first-order valence-electron chi connectivity index (χ1n) is 14.9. The summed E-state index contributed by atoms with van der Waals surface area (Å²) in [7, 11) is 0. The van der Waals surface area contributed by atoms with E-state index in [2.05, 4.69) is 16.2 Å². The molecule has 0 atom stereocenters. The quantitative estimate of drug-likeness (QED) is 0.260. The lowest BCUT2D eigenvalue weighted by atomic mass is 9.48. The Bertz CT molecular complexity index is 1440. The summed E-state index contributed by atoms with van der Waals surface area (Å²) in [6.07, 6.45) is 11.7. The molecule has 0 unspecified atom stereocenters. The molecule has 3 aromatic rings. The van der Waals surface area contributed by atoms with Crippen molar-refractivity contribution in [2.45, 2.75) is 82.9 Å². The summed E-state index contributed by atoms with van der Waals surface area (Å²) in [6, 6.07) is 7.60. The van der Waals surface area contributed by atoms with Gasteiger partial charge in [-0.2, -0.15) is 13.2 Å². The van der Waals surface area contributed by atoms with E-state index in [1.165, 1.54) is 18.6 Å². The summed E-state index contributed by atoms with van der Waals surface area (Å²) < 4.78 is 59.0. The Morgan fingerprint density at radius 1 is 1.07 bits per heavy atom. The molecule has 0 N–H and O–H groups in total. The Morgan fingerprint density at radius 3 is 2.56 bits per heavy atom. The van der Waals surface area contributed by atoms with Crippen LogP contribution in [0.1, 0.15) is 86.3 Å². The lowest BCUT2D eigenvalue weighted by Crippen LogP contribution is -2.48. The minimum atomic E-state index is -4.46. The van der Waals surface area contributed by atoms with Gasteiger partial charge in [-0.1, -0.05) is 35.5 Å². The Labute approximate surface area is 238 Å². The van der Waals surface area contributed by atoms with Gasteiger partial charge >= 0.3 is 6.18 Å². The number of aromatic nitrogens is 2. The lowest BCUT2D eigenvalue weighted by Gasteiger charge is -2.57. The maximum atomic E-state index is 13.7. The van der Waals surface area contributed by atoms with Crippen LogP contribution in [0.25, 0.3) is 17.3 Å². The molecule has 4 saturated carbocycles.